The van der Waals surface area contributed by atoms with Crippen molar-refractivity contribution >= 4 is 33.9 Å². The number of hydrogen-bond donors (Lipinski definition) is 1. The Labute approximate surface area is 99.9 Å². The van der Waals surface area contributed by atoms with Crippen molar-refractivity contribution < 1.29 is 4.79 Å². The highest BCUT2D eigenvalue weighted by atomic mass is 32.1. The lowest BCUT2D eigenvalue weighted by Gasteiger charge is -1.96. The fraction of sp³-hybridized carbons (Fsp3) is 0.375. The summed E-state index contributed by atoms with van der Waals surface area (Å²) in [7, 11) is 0. The molecule has 8 heteroatoms. The first-order chi connectivity index (χ1) is 7.70. The number of rotatable bonds is 3. The molecule has 0 spiro atoms. The van der Waals surface area contributed by atoms with Crippen molar-refractivity contribution in [3.63, 3.8) is 0 Å². The summed E-state index contributed by atoms with van der Waals surface area (Å²) < 4.78 is 3.70. The van der Waals surface area contributed by atoms with Crippen LogP contribution < -0.4 is 5.32 Å². The van der Waals surface area contributed by atoms with E-state index in [1.54, 1.807) is 6.92 Å². The SMILES string of the molecule is CCc1nnc(NC(=O)c2snnc2C)s1. The van der Waals surface area contributed by atoms with Gasteiger partial charge < -0.3 is 0 Å². The quantitative estimate of drug-likeness (QED) is 0.899. The minimum Gasteiger partial charge on any atom is -0.296 e. The van der Waals surface area contributed by atoms with Gasteiger partial charge in [-0.05, 0) is 24.9 Å². The van der Waals surface area contributed by atoms with E-state index < -0.39 is 0 Å². The molecule has 0 aliphatic carbocycles. The third kappa shape index (κ3) is 2.22. The Morgan fingerprint density at radius 3 is 2.75 bits per heavy atom. The first kappa shape index (κ1) is 11.1. The van der Waals surface area contributed by atoms with Crippen molar-refractivity contribution in [2.75, 3.05) is 5.32 Å². The number of nitrogens with zero attached hydrogens (tertiary/aromatic N) is 4. The number of aryl methyl sites for hydroxylation is 2. The van der Waals surface area contributed by atoms with Gasteiger partial charge in [0, 0.05) is 0 Å². The predicted molar refractivity (Wildman–Crippen MR) is 61.9 cm³/mol. The zero-order valence-electron chi connectivity index (χ0n) is 8.72. The van der Waals surface area contributed by atoms with Crippen molar-refractivity contribution in [3.8, 4) is 0 Å². The molecule has 0 bridgehead atoms. The molecular formula is C8H9N5OS2. The van der Waals surface area contributed by atoms with Gasteiger partial charge in [-0.1, -0.05) is 22.7 Å². The number of hydrogen-bond acceptors (Lipinski definition) is 7. The maximum atomic E-state index is 11.8. The molecule has 0 aliphatic rings. The summed E-state index contributed by atoms with van der Waals surface area (Å²) in [6, 6.07) is 0. The number of carbonyl (C=O) groups is 1. The van der Waals surface area contributed by atoms with Crippen molar-refractivity contribution in [2.45, 2.75) is 20.3 Å². The standard InChI is InChI=1S/C8H9N5OS2/c1-3-5-11-12-8(15-5)9-7(14)6-4(2)10-13-16-6/h3H2,1-2H3,(H,9,12,14). The van der Waals surface area contributed by atoms with Crippen LogP contribution in [0.5, 0.6) is 0 Å². The Morgan fingerprint density at radius 1 is 1.38 bits per heavy atom. The zero-order chi connectivity index (χ0) is 11.5. The monoisotopic (exact) mass is 255 g/mol. The highest BCUT2D eigenvalue weighted by molar-refractivity contribution is 7.15. The molecular weight excluding hydrogens is 246 g/mol. The van der Waals surface area contributed by atoms with Gasteiger partial charge in [-0.15, -0.1) is 15.3 Å². The van der Waals surface area contributed by atoms with E-state index >= 15 is 0 Å². The minimum atomic E-state index is -0.230. The summed E-state index contributed by atoms with van der Waals surface area (Å²) in [6.07, 6.45) is 0.814. The summed E-state index contributed by atoms with van der Waals surface area (Å²) in [5, 5.41) is 15.6. The molecule has 16 heavy (non-hydrogen) atoms. The van der Waals surface area contributed by atoms with Crippen LogP contribution in [-0.2, 0) is 6.42 Å². The van der Waals surface area contributed by atoms with Gasteiger partial charge in [-0.2, -0.15) is 0 Å². The Hall–Kier alpha value is -1.41. The fourth-order valence-electron chi connectivity index (χ4n) is 1.04. The Kier molecular flexibility index (Phi) is 3.20. The average Bonchev–Trinajstić information content (AvgIpc) is 2.86. The summed E-state index contributed by atoms with van der Waals surface area (Å²) in [4.78, 5) is 12.3. The van der Waals surface area contributed by atoms with Gasteiger partial charge in [0.2, 0.25) is 5.13 Å². The minimum absolute atomic E-state index is 0.230. The van der Waals surface area contributed by atoms with Crippen LogP contribution in [0, 0.1) is 6.92 Å². The van der Waals surface area contributed by atoms with Crippen LogP contribution in [0.4, 0.5) is 5.13 Å². The van der Waals surface area contributed by atoms with Crippen molar-refractivity contribution in [3.05, 3.63) is 15.6 Å². The van der Waals surface area contributed by atoms with Crippen LogP contribution in [0.15, 0.2) is 0 Å². The number of carbonyl (C=O) groups excluding carboxylic acids is 1. The van der Waals surface area contributed by atoms with Crippen molar-refractivity contribution in [2.24, 2.45) is 0 Å². The number of amides is 1. The summed E-state index contributed by atoms with van der Waals surface area (Å²) in [5.41, 5.74) is 0.628. The molecule has 0 unspecified atom stereocenters. The summed E-state index contributed by atoms with van der Waals surface area (Å²) >= 11 is 2.45. The van der Waals surface area contributed by atoms with Crippen LogP contribution in [0.25, 0.3) is 0 Å². The molecule has 0 saturated heterocycles. The van der Waals surface area contributed by atoms with Gasteiger partial charge in [0.1, 0.15) is 9.88 Å². The molecule has 0 fully saturated rings. The van der Waals surface area contributed by atoms with E-state index in [0.717, 1.165) is 23.0 Å². The zero-order valence-corrected chi connectivity index (χ0v) is 10.4. The lowest BCUT2D eigenvalue weighted by molar-refractivity contribution is 0.102. The highest BCUT2D eigenvalue weighted by Crippen LogP contribution is 2.18. The summed E-state index contributed by atoms with van der Waals surface area (Å²) in [5.74, 6) is -0.230. The lowest BCUT2D eigenvalue weighted by Crippen LogP contribution is -2.11. The first-order valence-electron chi connectivity index (χ1n) is 4.63. The van der Waals surface area contributed by atoms with Gasteiger partial charge in [0.05, 0.1) is 5.69 Å². The Balaban J connectivity index is 2.11. The van der Waals surface area contributed by atoms with E-state index in [4.69, 9.17) is 0 Å². The molecule has 0 saturated carbocycles. The van der Waals surface area contributed by atoms with Gasteiger partial charge >= 0.3 is 0 Å². The largest absolute Gasteiger partial charge is 0.296 e. The fourth-order valence-corrected chi connectivity index (χ4v) is 2.27. The third-order valence-corrected chi connectivity index (χ3v) is 3.66. The van der Waals surface area contributed by atoms with E-state index in [-0.39, 0.29) is 5.91 Å². The lowest BCUT2D eigenvalue weighted by atomic mass is 10.4. The van der Waals surface area contributed by atoms with Crippen molar-refractivity contribution in [1.82, 2.24) is 19.8 Å². The molecule has 0 atom stereocenters. The second kappa shape index (κ2) is 4.62. The molecule has 1 N–H and O–H groups in total. The number of nitrogens with one attached hydrogen (secondary N) is 1. The molecule has 2 heterocycles. The topological polar surface area (TPSA) is 80.7 Å². The molecule has 0 aliphatic heterocycles. The molecule has 0 aromatic carbocycles. The third-order valence-electron chi connectivity index (χ3n) is 1.85. The van der Waals surface area contributed by atoms with E-state index in [9.17, 15) is 4.79 Å². The van der Waals surface area contributed by atoms with Gasteiger partial charge in [0.15, 0.2) is 0 Å². The van der Waals surface area contributed by atoms with Crippen LogP contribution in [0.1, 0.15) is 27.3 Å². The molecule has 2 rings (SSSR count). The predicted octanol–water partition coefficient (Wildman–Crippen LogP) is 1.51. The van der Waals surface area contributed by atoms with Gasteiger partial charge in [-0.3, -0.25) is 10.1 Å². The van der Waals surface area contributed by atoms with Gasteiger partial charge in [-0.25, -0.2) is 0 Å². The molecule has 1 amide bonds. The maximum Gasteiger partial charge on any atom is 0.271 e. The highest BCUT2D eigenvalue weighted by Gasteiger charge is 2.15. The average molecular weight is 255 g/mol. The first-order valence-corrected chi connectivity index (χ1v) is 6.22. The Bertz CT molecular complexity index is 506. The van der Waals surface area contributed by atoms with Crippen molar-refractivity contribution in [1.29, 1.82) is 0 Å². The smallest absolute Gasteiger partial charge is 0.271 e. The molecule has 2 aromatic rings. The van der Waals surface area contributed by atoms with Crippen LogP contribution in [-0.4, -0.2) is 25.7 Å². The van der Waals surface area contributed by atoms with Crippen LogP contribution in [0.2, 0.25) is 0 Å². The van der Waals surface area contributed by atoms with E-state index in [1.165, 1.54) is 11.3 Å². The number of aromatic nitrogens is 4. The molecule has 84 valence electrons. The van der Waals surface area contributed by atoms with Gasteiger partial charge in [0.25, 0.3) is 5.91 Å². The summed E-state index contributed by atoms with van der Waals surface area (Å²) in [6.45, 7) is 3.74. The Morgan fingerprint density at radius 2 is 2.19 bits per heavy atom. The van der Waals surface area contributed by atoms with E-state index in [0.29, 0.717) is 15.7 Å². The van der Waals surface area contributed by atoms with Crippen LogP contribution >= 0.6 is 22.9 Å². The molecule has 6 nitrogen and oxygen atoms in total. The molecule has 0 radical (unpaired) electrons. The maximum absolute atomic E-state index is 11.8. The van der Waals surface area contributed by atoms with Crippen LogP contribution in [0.3, 0.4) is 0 Å². The normalized spacial score (nSPS) is 10.4. The van der Waals surface area contributed by atoms with E-state index in [1.807, 2.05) is 6.92 Å². The second-order valence-corrected chi connectivity index (χ2v) is 4.81. The number of anilines is 1. The molecule has 2 aromatic heterocycles. The second-order valence-electron chi connectivity index (χ2n) is 3.00. The van der Waals surface area contributed by atoms with E-state index in [2.05, 4.69) is 25.1 Å².